The average Bonchev–Trinajstić information content (AvgIpc) is 2.68. The molecule has 4 nitrogen and oxygen atoms in total. The van der Waals surface area contributed by atoms with Crippen molar-refractivity contribution in [2.24, 2.45) is 7.05 Å². The standard InChI is InChI=1S/C11H9ClN2O2/c1-14-7-8(6-13-14)11(15)16-10-5-3-2-4-9(10)12/h2-7H,1H3. The minimum absolute atomic E-state index is 0.345. The van der Waals surface area contributed by atoms with Crippen molar-refractivity contribution in [3.8, 4) is 5.75 Å². The molecule has 0 saturated heterocycles. The van der Waals surface area contributed by atoms with Crippen molar-refractivity contribution in [2.75, 3.05) is 0 Å². The zero-order valence-corrected chi connectivity index (χ0v) is 9.31. The molecule has 1 aromatic carbocycles. The van der Waals surface area contributed by atoms with E-state index in [4.69, 9.17) is 16.3 Å². The zero-order chi connectivity index (χ0) is 11.5. The van der Waals surface area contributed by atoms with Crippen molar-refractivity contribution in [1.82, 2.24) is 9.78 Å². The summed E-state index contributed by atoms with van der Waals surface area (Å²) in [6.07, 6.45) is 3.03. The fourth-order valence-electron chi connectivity index (χ4n) is 1.21. The first kappa shape index (κ1) is 10.7. The number of aromatic nitrogens is 2. The second-order valence-corrected chi connectivity index (χ2v) is 3.63. The van der Waals surface area contributed by atoms with E-state index in [0.717, 1.165) is 0 Å². The van der Waals surface area contributed by atoms with Gasteiger partial charge < -0.3 is 4.74 Å². The number of hydrogen-bond acceptors (Lipinski definition) is 3. The monoisotopic (exact) mass is 236 g/mol. The maximum Gasteiger partial charge on any atom is 0.346 e. The van der Waals surface area contributed by atoms with Crippen molar-refractivity contribution in [2.45, 2.75) is 0 Å². The Morgan fingerprint density at radius 1 is 1.44 bits per heavy atom. The van der Waals surface area contributed by atoms with Crippen LogP contribution >= 0.6 is 11.6 Å². The topological polar surface area (TPSA) is 44.1 Å². The third-order valence-electron chi connectivity index (χ3n) is 1.98. The Morgan fingerprint density at radius 2 is 2.19 bits per heavy atom. The molecule has 0 saturated carbocycles. The molecule has 0 spiro atoms. The van der Waals surface area contributed by atoms with Gasteiger partial charge in [0.2, 0.25) is 0 Å². The highest BCUT2D eigenvalue weighted by atomic mass is 35.5. The molecule has 5 heteroatoms. The van der Waals surface area contributed by atoms with Crippen LogP contribution in [0.15, 0.2) is 36.7 Å². The largest absolute Gasteiger partial charge is 0.421 e. The van der Waals surface area contributed by atoms with Gasteiger partial charge in [-0.2, -0.15) is 5.10 Å². The molecule has 0 bridgehead atoms. The van der Waals surface area contributed by atoms with E-state index in [9.17, 15) is 4.79 Å². The van der Waals surface area contributed by atoms with Crippen LogP contribution in [0.1, 0.15) is 10.4 Å². The van der Waals surface area contributed by atoms with Crippen LogP contribution in [0, 0.1) is 0 Å². The average molecular weight is 237 g/mol. The third kappa shape index (κ3) is 2.23. The molecule has 0 unspecified atom stereocenters. The van der Waals surface area contributed by atoms with Gasteiger partial charge in [0.1, 0.15) is 5.75 Å². The molecule has 16 heavy (non-hydrogen) atoms. The fourth-order valence-corrected chi connectivity index (χ4v) is 1.39. The summed E-state index contributed by atoms with van der Waals surface area (Å²) in [6.45, 7) is 0. The molecular formula is C11H9ClN2O2. The Bertz CT molecular complexity index is 522. The lowest BCUT2D eigenvalue weighted by atomic mass is 10.3. The number of carbonyl (C=O) groups excluding carboxylic acids is 1. The van der Waals surface area contributed by atoms with E-state index in [2.05, 4.69) is 5.10 Å². The van der Waals surface area contributed by atoms with Gasteiger partial charge in [0.05, 0.1) is 16.8 Å². The molecule has 0 aliphatic rings. The van der Waals surface area contributed by atoms with Crippen LogP contribution in [-0.4, -0.2) is 15.7 Å². The molecule has 82 valence electrons. The summed E-state index contributed by atoms with van der Waals surface area (Å²) in [4.78, 5) is 11.6. The van der Waals surface area contributed by atoms with Crippen LogP contribution in [0.2, 0.25) is 5.02 Å². The van der Waals surface area contributed by atoms with Crippen LogP contribution in [0.25, 0.3) is 0 Å². The van der Waals surface area contributed by atoms with E-state index in [0.29, 0.717) is 16.3 Å². The number of benzene rings is 1. The van der Waals surface area contributed by atoms with Crippen molar-refractivity contribution >= 4 is 17.6 Å². The predicted molar refractivity (Wildman–Crippen MR) is 59.6 cm³/mol. The molecule has 0 N–H and O–H groups in total. The highest BCUT2D eigenvalue weighted by Gasteiger charge is 2.11. The number of esters is 1. The molecule has 0 aliphatic heterocycles. The number of rotatable bonds is 2. The highest BCUT2D eigenvalue weighted by molar-refractivity contribution is 6.32. The van der Waals surface area contributed by atoms with Crippen LogP contribution in [0.4, 0.5) is 0 Å². The van der Waals surface area contributed by atoms with Crippen LogP contribution in [-0.2, 0) is 7.05 Å². The van der Waals surface area contributed by atoms with Gasteiger partial charge in [0.25, 0.3) is 0 Å². The minimum atomic E-state index is -0.471. The lowest BCUT2D eigenvalue weighted by Gasteiger charge is -2.03. The summed E-state index contributed by atoms with van der Waals surface area (Å²) in [5.41, 5.74) is 0.391. The van der Waals surface area contributed by atoms with E-state index >= 15 is 0 Å². The SMILES string of the molecule is Cn1cc(C(=O)Oc2ccccc2Cl)cn1. The maximum atomic E-state index is 11.6. The van der Waals surface area contributed by atoms with E-state index in [1.54, 1.807) is 37.5 Å². The number of halogens is 1. The molecular weight excluding hydrogens is 228 g/mol. The quantitative estimate of drug-likeness (QED) is 0.594. The van der Waals surface area contributed by atoms with Gasteiger partial charge >= 0.3 is 5.97 Å². The zero-order valence-electron chi connectivity index (χ0n) is 8.55. The van der Waals surface area contributed by atoms with Gasteiger partial charge in [-0.05, 0) is 12.1 Å². The Kier molecular flexibility index (Phi) is 2.92. The second-order valence-electron chi connectivity index (χ2n) is 3.22. The molecule has 0 amide bonds. The molecule has 1 aromatic heterocycles. The van der Waals surface area contributed by atoms with Crippen molar-refractivity contribution in [1.29, 1.82) is 0 Å². The van der Waals surface area contributed by atoms with Gasteiger partial charge in [0, 0.05) is 13.2 Å². The molecule has 0 fully saturated rings. The number of nitrogens with zero attached hydrogens (tertiary/aromatic N) is 2. The summed E-state index contributed by atoms with van der Waals surface area (Å²) in [5, 5.41) is 4.29. The second kappa shape index (κ2) is 4.37. The van der Waals surface area contributed by atoms with Gasteiger partial charge in [-0.15, -0.1) is 0 Å². The van der Waals surface area contributed by atoms with Gasteiger partial charge in [-0.1, -0.05) is 23.7 Å². The Labute approximate surface area is 97.4 Å². The minimum Gasteiger partial charge on any atom is -0.421 e. The van der Waals surface area contributed by atoms with Gasteiger partial charge in [0.15, 0.2) is 0 Å². The normalized spacial score (nSPS) is 10.1. The van der Waals surface area contributed by atoms with Crippen LogP contribution < -0.4 is 4.74 Å². The smallest absolute Gasteiger partial charge is 0.346 e. The summed E-state index contributed by atoms with van der Waals surface area (Å²) >= 11 is 5.86. The predicted octanol–water partition coefficient (Wildman–Crippen LogP) is 2.29. The lowest BCUT2D eigenvalue weighted by Crippen LogP contribution is -2.07. The van der Waals surface area contributed by atoms with Crippen molar-refractivity contribution in [3.63, 3.8) is 0 Å². The van der Waals surface area contributed by atoms with Gasteiger partial charge in [-0.3, -0.25) is 4.68 Å². The Morgan fingerprint density at radius 3 is 2.81 bits per heavy atom. The van der Waals surface area contributed by atoms with E-state index in [-0.39, 0.29) is 0 Å². The summed E-state index contributed by atoms with van der Waals surface area (Å²) in [5.74, 6) is -0.126. The number of hydrogen-bond donors (Lipinski definition) is 0. The van der Waals surface area contributed by atoms with Gasteiger partial charge in [-0.25, -0.2) is 4.79 Å². The lowest BCUT2D eigenvalue weighted by molar-refractivity contribution is 0.0735. The molecule has 2 aromatic rings. The Balaban J connectivity index is 2.17. The maximum absolute atomic E-state index is 11.6. The first-order valence-corrected chi connectivity index (χ1v) is 5.00. The third-order valence-corrected chi connectivity index (χ3v) is 2.29. The van der Waals surface area contributed by atoms with E-state index in [1.165, 1.54) is 10.9 Å². The fraction of sp³-hybridized carbons (Fsp3) is 0.0909. The summed E-state index contributed by atoms with van der Waals surface area (Å²) in [6, 6.07) is 6.81. The molecule has 0 radical (unpaired) electrons. The number of ether oxygens (including phenoxy) is 1. The number of aryl methyl sites for hydroxylation is 1. The van der Waals surface area contributed by atoms with Crippen LogP contribution in [0.5, 0.6) is 5.75 Å². The molecule has 2 rings (SSSR count). The summed E-state index contributed by atoms with van der Waals surface area (Å²) in [7, 11) is 1.73. The summed E-state index contributed by atoms with van der Waals surface area (Å²) < 4.78 is 6.65. The first-order valence-electron chi connectivity index (χ1n) is 4.62. The van der Waals surface area contributed by atoms with E-state index in [1.807, 2.05) is 0 Å². The molecule has 0 aliphatic carbocycles. The molecule has 0 atom stereocenters. The highest BCUT2D eigenvalue weighted by Crippen LogP contribution is 2.23. The number of para-hydroxylation sites is 1. The van der Waals surface area contributed by atoms with Crippen molar-refractivity contribution in [3.05, 3.63) is 47.2 Å². The van der Waals surface area contributed by atoms with Crippen molar-refractivity contribution < 1.29 is 9.53 Å². The number of carbonyl (C=O) groups is 1. The first-order chi connectivity index (χ1) is 7.66. The van der Waals surface area contributed by atoms with E-state index < -0.39 is 5.97 Å². The Hall–Kier alpha value is -1.81. The molecule has 1 heterocycles. The van der Waals surface area contributed by atoms with Crippen LogP contribution in [0.3, 0.4) is 0 Å².